The Labute approximate surface area is 185 Å². The van der Waals surface area contributed by atoms with Gasteiger partial charge in [0.25, 0.3) is 0 Å². The Hall–Kier alpha value is -3.97. The summed E-state index contributed by atoms with van der Waals surface area (Å²) in [6.07, 6.45) is 7.71. The summed E-state index contributed by atoms with van der Waals surface area (Å²) in [5.41, 5.74) is 8.07. The number of imidazole rings is 1. The van der Waals surface area contributed by atoms with Crippen molar-refractivity contribution in [2.24, 2.45) is 0 Å². The van der Waals surface area contributed by atoms with Gasteiger partial charge in [0, 0.05) is 54.1 Å². The van der Waals surface area contributed by atoms with Crippen molar-refractivity contribution < 1.29 is 4.74 Å². The Morgan fingerprint density at radius 1 is 0.875 bits per heavy atom. The summed E-state index contributed by atoms with van der Waals surface area (Å²) in [4.78, 5) is 11.4. The second kappa shape index (κ2) is 7.94. The normalized spacial score (nSPS) is 14.2. The van der Waals surface area contributed by atoms with Crippen LogP contribution in [0.4, 0.5) is 5.69 Å². The van der Waals surface area contributed by atoms with Crippen molar-refractivity contribution in [1.29, 1.82) is 0 Å². The predicted molar refractivity (Wildman–Crippen MR) is 124 cm³/mol. The first-order valence-electron chi connectivity index (χ1n) is 10.7. The van der Waals surface area contributed by atoms with Crippen molar-refractivity contribution in [2.45, 2.75) is 0 Å². The molecule has 4 aromatic heterocycles. The van der Waals surface area contributed by atoms with Gasteiger partial charge < -0.3 is 9.64 Å². The molecule has 0 amide bonds. The third kappa shape index (κ3) is 3.33. The molecule has 1 aromatic carbocycles. The Balaban J connectivity index is 1.36. The first-order valence-corrected chi connectivity index (χ1v) is 10.7. The van der Waals surface area contributed by atoms with Gasteiger partial charge in [0.2, 0.25) is 0 Å². The molecule has 0 spiro atoms. The third-order valence-electron chi connectivity index (χ3n) is 5.90. The van der Waals surface area contributed by atoms with Crippen LogP contribution in [0, 0.1) is 0 Å². The quantitative estimate of drug-likeness (QED) is 0.468. The van der Waals surface area contributed by atoms with Gasteiger partial charge in [-0.3, -0.25) is 14.5 Å². The third-order valence-corrected chi connectivity index (χ3v) is 5.90. The van der Waals surface area contributed by atoms with Gasteiger partial charge in [-0.05, 0) is 36.4 Å². The topological polar surface area (TPSA) is 71.3 Å². The highest BCUT2D eigenvalue weighted by molar-refractivity contribution is 5.81. The van der Waals surface area contributed by atoms with Gasteiger partial charge in [-0.1, -0.05) is 18.2 Å². The van der Waals surface area contributed by atoms with Gasteiger partial charge in [-0.15, -0.1) is 0 Å². The Morgan fingerprint density at radius 3 is 2.53 bits per heavy atom. The average Bonchev–Trinajstić information content (AvgIpc) is 3.52. The average molecular weight is 422 g/mol. The molecule has 32 heavy (non-hydrogen) atoms. The molecule has 0 bridgehead atoms. The van der Waals surface area contributed by atoms with E-state index in [1.807, 2.05) is 36.7 Å². The Bertz CT molecular complexity index is 1350. The lowest BCUT2D eigenvalue weighted by Crippen LogP contribution is -2.36. The molecular formula is C25H22N6O. The van der Waals surface area contributed by atoms with Crippen LogP contribution in [0.5, 0.6) is 0 Å². The van der Waals surface area contributed by atoms with Crippen LogP contribution in [0.1, 0.15) is 0 Å². The molecule has 0 saturated carbocycles. The maximum atomic E-state index is 5.46. The summed E-state index contributed by atoms with van der Waals surface area (Å²) < 4.78 is 7.54. The molecule has 1 aliphatic rings. The molecule has 1 saturated heterocycles. The van der Waals surface area contributed by atoms with E-state index < -0.39 is 0 Å². The van der Waals surface area contributed by atoms with Crippen LogP contribution in [0.3, 0.4) is 0 Å². The second-order valence-corrected chi connectivity index (χ2v) is 7.80. The number of fused-ring (bicyclic) bond motifs is 1. The summed E-state index contributed by atoms with van der Waals surface area (Å²) in [7, 11) is 0. The number of benzene rings is 1. The number of aromatic amines is 1. The summed E-state index contributed by atoms with van der Waals surface area (Å²) in [5, 5.41) is 7.60. The van der Waals surface area contributed by atoms with Gasteiger partial charge in [-0.2, -0.15) is 5.10 Å². The van der Waals surface area contributed by atoms with Crippen molar-refractivity contribution in [3.63, 3.8) is 0 Å². The van der Waals surface area contributed by atoms with E-state index in [0.29, 0.717) is 0 Å². The van der Waals surface area contributed by atoms with E-state index in [1.165, 1.54) is 5.69 Å². The van der Waals surface area contributed by atoms with Gasteiger partial charge in [-0.25, -0.2) is 4.98 Å². The number of aromatic nitrogens is 5. The van der Waals surface area contributed by atoms with E-state index in [0.717, 1.165) is 65.7 Å². The number of H-pyrrole nitrogens is 1. The van der Waals surface area contributed by atoms with Gasteiger partial charge in [0.05, 0.1) is 36.5 Å². The highest BCUT2D eigenvalue weighted by atomic mass is 16.5. The number of pyridine rings is 2. The Kier molecular flexibility index (Phi) is 4.66. The second-order valence-electron chi connectivity index (χ2n) is 7.80. The van der Waals surface area contributed by atoms with E-state index >= 15 is 0 Å². The standard InChI is InChI=1S/C25H22N6O/c1-2-10-26-22(3-1)23-16-27-24-9-6-19(17-31(23)24)21-15-28-29-25(21)18-4-7-20(8-5-18)30-11-13-32-14-12-30/h1-10,15-17H,11-14H2,(H,28,29). The molecule has 0 unspecified atom stereocenters. The van der Waals surface area contributed by atoms with Crippen LogP contribution in [0.2, 0.25) is 0 Å². The maximum absolute atomic E-state index is 5.46. The van der Waals surface area contributed by atoms with Crippen LogP contribution in [0.15, 0.2) is 79.4 Å². The summed E-state index contributed by atoms with van der Waals surface area (Å²) >= 11 is 0. The van der Waals surface area contributed by atoms with Gasteiger partial charge >= 0.3 is 0 Å². The lowest BCUT2D eigenvalue weighted by atomic mass is 10.0. The highest BCUT2D eigenvalue weighted by Crippen LogP contribution is 2.32. The van der Waals surface area contributed by atoms with Gasteiger partial charge in [0.1, 0.15) is 5.65 Å². The smallest absolute Gasteiger partial charge is 0.137 e. The molecule has 0 aliphatic carbocycles. The zero-order valence-corrected chi connectivity index (χ0v) is 17.5. The minimum atomic E-state index is 0.780. The van der Waals surface area contributed by atoms with Crippen molar-refractivity contribution in [1.82, 2.24) is 24.6 Å². The molecule has 7 heteroatoms. The largest absolute Gasteiger partial charge is 0.378 e. The fraction of sp³-hybridized carbons (Fsp3) is 0.160. The van der Waals surface area contributed by atoms with Crippen LogP contribution in [0.25, 0.3) is 39.4 Å². The number of hydrogen-bond donors (Lipinski definition) is 1. The monoisotopic (exact) mass is 422 g/mol. The number of rotatable bonds is 4. The van der Waals surface area contributed by atoms with Crippen molar-refractivity contribution in [3.8, 4) is 33.8 Å². The molecule has 5 heterocycles. The predicted octanol–water partition coefficient (Wildman–Crippen LogP) is 4.29. The minimum Gasteiger partial charge on any atom is -0.378 e. The molecular weight excluding hydrogens is 400 g/mol. The molecule has 7 nitrogen and oxygen atoms in total. The van der Waals surface area contributed by atoms with Crippen molar-refractivity contribution in [2.75, 3.05) is 31.2 Å². The maximum Gasteiger partial charge on any atom is 0.137 e. The van der Waals surface area contributed by atoms with Crippen LogP contribution >= 0.6 is 0 Å². The van der Waals surface area contributed by atoms with E-state index in [-0.39, 0.29) is 0 Å². The van der Waals surface area contributed by atoms with Crippen LogP contribution in [-0.2, 0) is 4.74 Å². The lowest BCUT2D eigenvalue weighted by molar-refractivity contribution is 0.122. The number of hydrogen-bond acceptors (Lipinski definition) is 5. The van der Waals surface area contributed by atoms with E-state index in [9.17, 15) is 0 Å². The lowest BCUT2D eigenvalue weighted by Gasteiger charge is -2.28. The molecule has 1 N–H and O–H groups in total. The summed E-state index contributed by atoms with van der Waals surface area (Å²) in [6, 6.07) is 18.6. The SMILES string of the molecule is c1ccc(-c2cnc3ccc(-c4c[nH]nc4-c4ccc(N5CCOCC5)cc4)cn23)nc1. The zero-order valence-electron chi connectivity index (χ0n) is 17.5. The van der Waals surface area contributed by atoms with Crippen molar-refractivity contribution in [3.05, 3.63) is 79.4 Å². The van der Waals surface area contributed by atoms with E-state index in [2.05, 4.69) is 66.0 Å². The number of anilines is 1. The van der Waals surface area contributed by atoms with Crippen LogP contribution < -0.4 is 4.90 Å². The minimum absolute atomic E-state index is 0.780. The fourth-order valence-corrected chi connectivity index (χ4v) is 4.23. The number of ether oxygens (including phenoxy) is 1. The molecule has 158 valence electrons. The molecule has 0 radical (unpaired) electrons. The fourth-order valence-electron chi connectivity index (χ4n) is 4.23. The van der Waals surface area contributed by atoms with Gasteiger partial charge in [0.15, 0.2) is 0 Å². The van der Waals surface area contributed by atoms with E-state index in [1.54, 1.807) is 6.20 Å². The van der Waals surface area contributed by atoms with E-state index in [4.69, 9.17) is 4.74 Å². The molecule has 1 fully saturated rings. The molecule has 5 aromatic rings. The highest BCUT2D eigenvalue weighted by Gasteiger charge is 2.15. The Morgan fingerprint density at radius 2 is 1.72 bits per heavy atom. The summed E-state index contributed by atoms with van der Waals surface area (Å²) in [5.74, 6) is 0. The molecule has 1 aliphatic heterocycles. The van der Waals surface area contributed by atoms with Crippen LogP contribution in [-0.4, -0.2) is 50.9 Å². The number of morpholine rings is 1. The number of nitrogens with zero attached hydrogens (tertiary/aromatic N) is 5. The summed E-state index contributed by atoms with van der Waals surface area (Å²) in [6.45, 7) is 3.41. The molecule has 0 atom stereocenters. The zero-order chi connectivity index (χ0) is 21.3. The van der Waals surface area contributed by atoms with Crippen molar-refractivity contribution >= 4 is 11.3 Å². The molecule has 6 rings (SSSR count). The number of nitrogens with one attached hydrogen (secondary N) is 1. The first-order chi connectivity index (χ1) is 15.9. The first kappa shape index (κ1) is 18.8.